The zero-order valence-electron chi connectivity index (χ0n) is 14.4. The van der Waals surface area contributed by atoms with Crippen LogP contribution in [0.5, 0.6) is 0 Å². The summed E-state index contributed by atoms with van der Waals surface area (Å²) in [6.07, 6.45) is 1.48. The summed E-state index contributed by atoms with van der Waals surface area (Å²) >= 11 is 2.16. The van der Waals surface area contributed by atoms with Gasteiger partial charge in [0, 0.05) is 12.1 Å². The van der Waals surface area contributed by atoms with Crippen molar-refractivity contribution in [1.29, 1.82) is 0 Å². The number of imide groups is 1. The molecule has 3 aromatic rings. The molecule has 29 heavy (non-hydrogen) atoms. The summed E-state index contributed by atoms with van der Waals surface area (Å²) in [5, 5.41) is 10.7. The van der Waals surface area contributed by atoms with Crippen LogP contribution in [0, 0.1) is 16.0 Å². The molecule has 0 unspecified atom stereocenters. The minimum Gasteiger partial charge on any atom is -0.469 e. The number of aromatic amines is 1. The Bertz CT molecular complexity index is 1200. The van der Waals surface area contributed by atoms with Crippen LogP contribution >= 0.6 is 23.1 Å². The van der Waals surface area contributed by atoms with Gasteiger partial charge in [0.1, 0.15) is 11.0 Å². The van der Waals surface area contributed by atoms with Gasteiger partial charge in [0.15, 0.2) is 0 Å². The van der Waals surface area contributed by atoms with Gasteiger partial charge in [-0.05, 0) is 24.3 Å². The van der Waals surface area contributed by atoms with Crippen LogP contribution in [0.2, 0.25) is 0 Å². The van der Waals surface area contributed by atoms with Crippen molar-refractivity contribution in [3.8, 4) is 0 Å². The zero-order chi connectivity index (χ0) is 20.3. The lowest BCUT2D eigenvalue weighted by Gasteiger charge is -2.27. The van der Waals surface area contributed by atoms with Gasteiger partial charge in [0.25, 0.3) is 5.69 Å². The van der Waals surface area contributed by atoms with Crippen molar-refractivity contribution in [2.24, 2.45) is 5.92 Å². The predicted octanol–water partition coefficient (Wildman–Crippen LogP) is 2.73. The third kappa shape index (κ3) is 2.65. The van der Waals surface area contributed by atoms with E-state index in [9.17, 15) is 24.5 Å². The highest BCUT2D eigenvalue weighted by Gasteiger charge is 2.57. The molecule has 0 aliphatic carbocycles. The van der Waals surface area contributed by atoms with E-state index in [0.717, 1.165) is 28.0 Å². The Morgan fingerprint density at radius 2 is 1.86 bits per heavy atom. The molecule has 0 bridgehead atoms. The van der Waals surface area contributed by atoms with Gasteiger partial charge in [-0.2, -0.15) is 0 Å². The Morgan fingerprint density at radius 3 is 2.52 bits per heavy atom. The van der Waals surface area contributed by atoms with Gasteiger partial charge >= 0.3 is 4.87 Å². The van der Waals surface area contributed by atoms with Crippen LogP contribution in [0.3, 0.4) is 0 Å². The number of nitro benzene ring substituents is 1. The first-order chi connectivity index (χ1) is 14.0. The number of benzene rings is 1. The summed E-state index contributed by atoms with van der Waals surface area (Å²) < 4.78 is 5.54. The largest absolute Gasteiger partial charge is 0.469 e. The molecule has 4 heterocycles. The number of thioether (sulfide) groups is 1. The maximum atomic E-state index is 13.3. The van der Waals surface area contributed by atoms with E-state index >= 15 is 0 Å². The van der Waals surface area contributed by atoms with E-state index in [1.807, 2.05) is 0 Å². The molecule has 0 spiro atoms. The molecule has 2 aliphatic heterocycles. The molecule has 1 fully saturated rings. The van der Waals surface area contributed by atoms with E-state index in [-0.39, 0.29) is 16.2 Å². The number of non-ortho nitro benzene ring substituents is 1. The van der Waals surface area contributed by atoms with Gasteiger partial charge in [0.05, 0.1) is 38.6 Å². The molecule has 0 saturated carbocycles. The Morgan fingerprint density at radius 1 is 1.10 bits per heavy atom. The highest BCUT2D eigenvalue weighted by atomic mass is 32.2. The maximum absolute atomic E-state index is 13.3. The van der Waals surface area contributed by atoms with Gasteiger partial charge in [-0.15, -0.1) is 0 Å². The second-order valence-corrected chi connectivity index (χ2v) is 8.72. The van der Waals surface area contributed by atoms with Crippen molar-refractivity contribution in [1.82, 2.24) is 4.98 Å². The fourth-order valence-corrected chi connectivity index (χ4v) is 6.27. The van der Waals surface area contributed by atoms with Crippen LogP contribution in [0.1, 0.15) is 16.6 Å². The number of amides is 2. The first-order valence-corrected chi connectivity index (χ1v) is 10.2. The molecule has 146 valence electrons. The topological polar surface area (TPSA) is 127 Å². The van der Waals surface area contributed by atoms with Crippen molar-refractivity contribution in [3.63, 3.8) is 0 Å². The SMILES string of the molecule is O=C1[C@H]2[C@H](c3ccco3)c3sc(=O)[nH]c3S[C@H]2C(=O)N1c1ccc([N+](=O)[O-])cc1. The Kier molecular flexibility index (Phi) is 3.96. The van der Waals surface area contributed by atoms with Crippen LogP contribution in [0.4, 0.5) is 11.4 Å². The number of nitrogens with zero attached hydrogens (tertiary/aromatic N) is 2. The number of aromatic nitrogens is 1. The van der Waals surface area contributed by atoms with Gasteiger partial charge in [0.2, 0.25) is 11.8 Å². The third-order valence-electron chi connectivity index (χ3n) is 4.99. The van der Waals surface area contributed by atoms with Gasteiger partial charge in [-0.25, -0.2) is 4.90 Å². The van der Waals surface area contributed by atoms with E-state index in [1.54, 1.807) is 12.1 Å². The summed E-state index contributed by atoms with van der Waals surface area (Å²) in [4.78, 5) is 52.9. The molecule has 11 heteroatoms. The normalized spacial score (nSPS) is 23.2. The Labute approximate surface area is 170 Å². The van der Waals surface area contributed by atoms with Crippen molar-refractivity contribution in [3.05, 3.63) is 73.1 Å². The Hall–Kier alpha value is -3.18. The van der Waals surface area contributed by atoms with Crippen LogP contribution in [0.25, 0.3) is 0 Å². The highest BCUT2D eigenvalue weighted by molar-refractivity contribution is 8.00. The molecule has 2 aromatic heterocycles. The number of fused-ring (bicyclic) bond motifs is 2. The number of thiazole rings is 1. The lowest BCUT2D eigenvalue weighted by molar-refractivity contribution is -0.384. The molecule has 9 nitrogen and oxygen atoms in total. The number of carbonyl (C=O) groups is 2. The first-order valence-electron chi connectivity index (χ1n) is 8.51. The van der Waals surface area contributed by atoms with Crippen molar-refractivity contribution in [2.75, 3.05) is 4.90 Å². The number of hydrogen-bond donors (Lipinski definition) is 1. The van der Waals surface area contributed by atoms with E-state index in [0.29, 0.717) is 15.7 Å². The molecule has 2 aliphatic rings. The van der Waals surface area contributed by atoms with Gasteiger partial charge in [-0.1, -0.05) is 23.1 Å². The smallest absolute Gasteiger partial charge is 0.305 e. The average molecular weight is 429 g/mol. The van der Waals surface area contributed by atoms with Gasteiger partial charge < -0.3 is 9.40 Å². The number of nitro groups is 1. The molecule has 1 saturated heterocycles. The van der Waals surface area contributed by atoms with E-state index < -0.39 is 33.8 Å². The zero-order valence-corrected chi connectivity index (χ0v) is 16.1. The molecule has 2 amide bonds. The van der Waals surface area contributed by atoms with Crippen molar-refractivity contribution < 1.29 is 18.9 Å². The predicted molar refractivity (Wildman–Crippen MR) is 104 cm³/mol. The summed E-state index contributed by atoms with van der Waals surface area (Å²) in [5.74, 6) is -1.65. The molecule has 5 rings (SSSR count). The summed E-state index contributed by atoms with van der Waals surface area (Å²) in [7, 11) is 0. The third-order valence-corrected chi connectivity index (χ3v) is 7.39. The van der Waals surface area contributed by atoms with E-state index in [4.69, 9.17) is 4.42 Å². The average Bonchev–Trinajstić information content (AvgIpc) is 3.40. The monoisotopic (exact) mass is 429 g/mol. The van der Waals surface area contributed by atoms with Gasteiger partial charge in [-0.3, -0.25) is 24.5 Å². The number of nitrogens with one attached hydrogen (secondary N) is 1. The van der Waals surface area contributed by atoms with Crippen LogP contribution in [-0.2, 0) is 9.59 Å². The summed E-state index contributed by atoms with van der Waals surface area (Å²) in [6, 6.07) is 8.69. The van der Waals surface area contributed by atoms with E-state index in [1.165, 1.54) is 30.5 Å². The fourth-order valence-electron chi connectivity index (χ4n) is 3.77. The molecule has 1 N–H and O–H groups in total. The number of anilines is 1. The molecule has 0 radical (unpaired) electrons. The van der Waals surface area contributed by atoms with Crippen LogP contribution < -0.4 is 9.77 Å². The lowest BCUT2D eigenvalue weighted by atomic mass is 9.87. The van der Waals surface area contributed by atoms with E-state index in [2.05, 4.69) is 4.98 Å². The number of carbonyl (C=O) groups excluding carboxylic acids is 2. The highest BCUT2D eigenvalue weighted by Crippen LogP contribution is 2.53. The number of furan rings is 1. The number of H-pyrrole nitrogens is 1. The first kappa shape index (κ1) is 17.9. The molecular weight excluding hydrogens is 418 g/mol. The van der Waals surface area contributed by atoms with Crippen molar-refractivity contribution >= 4 is 46.3 Å². The quantitative estimate of drug-likeness (QED) is 0.385. The molecular formula is C18H11N3O6S2. The summed E-state index contributed by atoms with van der Waals surface area (Å²) in [5.41, 5.74) is 0.142. The van der Waals surface area contributed by atoms with Crippen LogP contribution in [0.15, 0.2) is 56.9 Å². The number of rotatable bonds is 3. The summed E-state index contributed by atoms with van der Waals surface area (Å²) in [6.45, 7) is 0. The standard InChI is InChI=1S/C18H11N3O6S2/c22-16-12-11(10-2-1-7-27-10)13-15(19-18(24)29-13)28-14(12)17(23)20(16)8-3-5-9(6-4-8)21(25)26/h1-7,11-12,14H,(H,19,24)/t11-,12-,14+/m0/s1. The minimum atomic E-state index is -0.743. The van der Waals surface area contributed by atoms with Crippen molar-refractivity contribution in [2.45, 2.75) is 16.2 Å². The van der Waals surface area contributed by atoms with Crippen LogP contribution in [-0.4, -0.2) is 27.0 Å². The minimum absolute atomic E-state index is 0.132. The molecule has 1 aromatic carbocycles. The second-order valence-electron chi connectivity index (χ2n) is 6.55. The molecule has 3 atom stereocenters. The number of hydrogen-bond acceptors (Lipinski definition) is 8. The Balaban J connectivity index is 1.60. The second kappa shape index (κ2) is 6.42. The fraction of sp³-hybridized carbons (Fsp3) is 0.167. The lowest BCUT2D eigenvalue weighted by Crippen LogP contribution is -2.32. The maximum Gasteiger partial charge on any atom is 0.305 e.